The van der Waals surface area contributed by atoms with E-state index in [4.69, 9.17) is 0 Å². The average molecular weight is 399 g/mol. The Kier molecular flexibility index (Phi) is 5.92. The number of benzene rings is 2. The van der Waals surface area contributed by atoms with Crippen LogP contribution < -0.4 is 10.6 Å². The second-order valence-electron chi connectivity index (χ2n) is 6.16. The van der Waals surface area contributed by atoms with Crippen LogP contribution in [0.15, 0.2) is 73.1 Å². The van der Waals surface area contributed by atoms with E-state index in [1.54, 1.807) is 0 Å². The fourth-order valence-corrected chi connectivity index (χ4v) is 2.55. The molecular formula is C21H16F3N3O2. The van der Waals surface area contributed by atoms with E-state index in [2.05, 4.69) is 15.6 Å². The van der Waals surface area contributed by atoms with Crippen LogP contribution in [0.4, 0.5) is 18.9 Å². The Hall–Kier alpha value is -3.68. The van der Waals surface area contributed by atoms with Gasteiger partial charge in [-0.05, 0) is 29.8 Å². The molecule has 0 aliphatic carbocycles. The van der Waals surface area contributed by atoms with Crippen molar-refractivity contribution in [2.45, 2.75) is 12.7 Å². The third-order valence-electron chi connectivity index (χ3n) is 4.01. The monoisotopic (exact) mass is 399 g/mol. The van der Waals surface area contributed by atoms with Gasteiger partial charge in [-0.15, -0.1) is 0 Å². The van der Waals surface area contributed by atoms with E-state index in [0.717, 1.165) is 17.7 Å². The number of nitrogens with zero attached hydrogens (tertiary/aromatic N) is 1. The second kappa shape index (κ2) is 8.55. The Balaban J connectivity index is 1.68. The standard InChI is InChI=1S/C21H16F3N3O2/c22-21(23,24)17-7-4-8-18(10-17)27-20(29)16-9-15(12-25-13-16)19(28)26-11-14-5-2-1-3-6-14/h1-10,12-13H,11H2,(H,26,28)(H,27,29). The van der Waals surface area contributed by atoms with Crippen LogP contribution in [0.2, 0.25) is 0 Å². The number of pyridine rings is 1. The molecule has 0 saturated heterocycles. The molecule has 0 saturated carbocycles. The highest BCUT2D eigenvalue weighted by molar-refractivity contribution is 6.05. The van der Waals surface area contributed by atoms with Crippen molar-refractivity contribution in [2.24, 2.45) is 0 Å². The van der Waals surface area contributed by atoms with Crippen LogP contribution >= 0.6 is 0 Å². The van der Waals surface area contributed by atoms with Gasteiger partial charge in [0.25, 0.3) is 11.8 Å². The first kappa shape index (κ1) is 20.1. The first-order valence-electron chi connectivity index (χ1n) is 8.59. The quantitative estimate of drug-likeness (QED) is 0.673. The van der Waals surface area contributed by atoms with E-state index >= 15 is 0 Å². The summed E-state index contributed by atoms with van der Waals surface area (Å²) >= 11 is 0. The zero-order valence-corrected chi connectivity index (χ0v) is 15.0. The molecule has 5 nitrogen and oxygen atoms in total. The van der Waals surface area contributed by atoms with Crippen LogP contribution in [-0.2, 0) is 12.7 Å². The largest absolute Gasteiger partial charge is 0.416 e. The van der Waals surface area contributed by atoms with Gasteiger partial charge in [0.1, 0.15) is 0 Å². The van der Waals surface area contributed by atoms with Gasteiger partial charge >= 0.3 is 6.18 Å². The summed E-state index contributed by atoms with van der Waals surface area (Å²) in [5.41, 5.74) is 0.242. The topological polar surface area (TPSA) is 71.1 Å². The molecule has 8 heteroatoms. The number of nitrogens with one attached hydrogen (secondary N) is 2. The number of amides is 2. The van der Waals surface area contributed by atoms with Crippen LogP contribution in [-0.4, -0.2) is 16.8 Å². The predicted molar refractivity (Wildman–Crippen MR) is 101 cm³/mol. The van der Waals surface area contributed by atoms with Gasteiger partial charge < -0.3 is 10.6 Å². The third-order valence-corrected chi connectivity index (χ3v) is 4.01. The van der Waals surface area contributed by atoms with Crippen LogP contribution in [0.1, 0.15) is 31.8 Å². The first-order valence-corrected chi connectivity index (χ1v) is 8.59. The lowest BCUT2D eigenvalue weighted by molar-refractivity contribution is -0.137. The van der Waals surface area contributed by atoms with Gasteiger partial charge in [0.15, 0.2) is 0 Å². The first-order chi connectivity index (χ1) is 13.8. The summed E-state index contributed by atoms with van der Waals surface area (Å²) in [5, 5.41) is 5.10. The van der Waals surface area contributed by atoms with E-state index in [1.807, 2.05) is 30.3 Å². The summed E-state index contributed by atoms with van der Waals surface area (Å²) in [6.07, 6.45) is -1.97. The smallest absolute Gasteiger partial charge is 0.348 e. The Morgan fingerprint density at radius 2 is 1.55 bits per heavy atom. The molecule has 2 aromatic carbocycles. The highest BCUT2D eigenvalue weighted by atomic mass is 19.4. The molecule has 0 atom stereocenters. The summed E-state index contributed by atoms with van der Waals surface area (Å²) in [5.74, 6) is -1.09. The number of hydrogen-bond acceptors (Lipinski definition) is 3. The number of aromatic nitrogens is 1. The number of halogens is 3. The average Bonchev–Trinajstić information content (AvgIpc) is 2.72. The normalized spacial score (nSPS) is 11.0. The SMILES string of the molecule is O=C(NCc1ccccc1)c1cncc(C(=O)Nc2cccc(C(F)(F)F)c2)c1. The number of carbonyl (C=O) groups is 2. The minimum Gasteiger partial charge on any atom is -0.348 e. The number of rotatable bonds is 5. The summed E-state index contributed by atoms with van der Waals surface area (Å²) in [6, 6.07) is 14.9. The molecule has 29 heavy (non-hydrogen) atoms. The lowest BCUT2D eigenvalue weighted by Crippen LogP contribution is -2.23. The van der Waals surface area contributed by atoms with Crippen molar-refractivity contribution in [3.8, 4) is 0 Å². The van der Waals surface area contributed by atoms with Crippen molar-refractivity contribution in [1.29, 1.82) is 0 Å². The molecule has 0 unspecified atom stereocenters. The van der Waals surface area contributed by atoms with Crippen molar-refractivity contribution < 1.29 is 22.8 Å². The molecule has 3 aromatic rings. The fraction of sp³-hybridized carbons (Fsp3) is 0.0952. The Labute approximate surface area is 164 Å². The van der Waals surface area contributed by atoms with Crippen molar-refractivity contribution in [1.82, 2.24) is 10.3 Å². The van der Waals surface area contributed by atoms with Crippen LogP contribution in [0.25, 0.3) is 0 Å². The van der Waals surface area contributed by atoms with Crippen LogP contribution in [0, 0.1) is 0 Å². The highest BCUT2D eigenvalue weighted by Crippen LogP contribution is 2.30. The molecule has 2 amide bonds. The van der Waals surface area contributed by atoms with Gasteiger partial charge in [0, 0.05) is 24.6 Å². The van der Waals surface area contributed by atoms with Crippen molar-refractivity contribution in [2.75, 3.05) is 5.32 Å². The Morgan fingerprint density at radius 3 is 2.24 bits per heavy atom. The van der Waals surface area contributed by atoms with Crippen LogP contribution in [0.3, 0.4) is 0 Å². The van der Waals surface area contributed by atoms with Crippen molar-refractivity contribution in [3.05, 3.63) is 95.3 Å². The zero-order valence-electron chi connectivity index (χ0n) is 15.0. The summed E-state index contributed by atoms with van der Waals surface area (Å²) < 4.78 is 38.4. The summed E-state index contributed by atoms with van der Waals surface area (Å²) in [6.45, 7) is 0.306. The minimum absolute atomic E-state index is 0.0104. The van der Waals surface area contributed by atoms with E-state index in [-0.39, 0.29) is 16.8 Å². The van der Waals surface area contributed by atoms with E-state index < -0.39 is 23.6 Å². The van der Waals surface area contributed by atoms with Crippen molar-refractivity contribution >= 4 is 17.5 Å². The van der Waals surface area contributed by atoms with E-state index in [9.17, 15) is 22.8 Å². The third kappa shape index (κ3) is 5.41. The molecule has 1 heterocycles. The number of carbonyl (C=O) groups excluding carboxylic acids is 2. The van der Waals surface area contributed by atoms with E-state index in [0.29, 0.717) is 6.54 Å². The van der Waals surface area contributed by atoms with Crippen LogP contribution in [0.5, 0.6) is 0 Å². The van der Waals surface area contributed by atoms with Gasteiger partial charge in [0.05, 0.1) is 16.7 Å². The molecule has 3 rings (SSSR count). The molecule has 0 spiro atoms. The molecule has 148 valence electrons. The van der Waals surface area contributed by atoms with E-state index in [1.165, 1.54) is 30.6 Å². The zero-order chi connectivity index (χ0) is 20.9. The maximum atomic E-state index is 12.8. The van der Waals surface area contributed by atoms with Gasteiger partial charge in [-0.1, -0.05) is 36.4 Å². The number of alkyl halides is 3. The lowest BCUT2D eigenvalue weighted by Gasteiger charge is -2.10. The second-order valence-corrected chi connectivity index (χ2v) is 6.16. The number of hydrogen-bond donors (Lipinski definition) is 2. The van der Waals surface area contributed by atoms with Gasteiger partial charge in [-0.25, -0.2) is 0 Å². The van der Waals surface area contributed by atoms with Gasteiger partial charge in [0.2, 0.25) is 0 Å². The van der Waals surface area contributed by atoms with Gasteiger partial charge in [-0.2, -0.15) is 13.2 Å². The molecule has 1 aromatic heterocycles. The highest BCUT2D eigenvalue weighted by Gasteiger charge is 2.30. The molecular weight excluding hydrogens is 383 g/mol. The lowest BCUT2D eigenvalue weighted by atomic mass is 10.1. The molecule has 0 fully saturated rings. The van der Waals surface area contributed by atoms with Crippen molar-refractivity contribution in [3.63, 3.8) is 0 Å². The number of anilines is 1. The molecule has 0 aliphatic rings. The fourth-order valence-electron chi connectivity index (χ4n) is 2.55. The molecule has 0 radical (unpaired) electrons. The molecule has 0 aliphatic heterocycles. The summed E-state index contributed by atoms with van der Waals surface area (Å²) in [7, 11) is 0. The minimum atomic E-state index is -4.51. The Morgan fingerprint density at radius 1 is 0.862 bits per heavy atom. The maximum Gasteiger partial charge on any atom is 0.416 e. The van der Waals surface area contributed by atoms with Gasteiger partial charge in [-0.3, -0.25) is 14.6 Å². The molecule has 0 bridgehead atoms. The molecule has 2 N–H and O–H groups in total. The maximum absolute atomic E-state index is 12.8. The predicted octanol–water partition coefficient (Wildman–Crippen LogP) is 4.28. The summed E-state index contributed by atoms with van der Waals surface area (Å²) in [4.78, 5) is 28.5. The Bertz CT molecular complexity index is 1020.